The van der Waals surface area contributed by atoms with Crippen molar-refractivity contribution in [3.63, 3.8) is 0 Å². The van der Waals surface area contributed by atoms with Gasteiger partial charge in [-0.3, -0.25) is 19.9 Å². The van der Waals surface area contributed by atoms with Crippen molar-refractivity contribution in [3.05, 3.63) is 76.1 Å². The minimum absolute atomic E-state index is 0.0366. The molecule has 2 rings (SSSR count). The topological polar surface area (TPSA) is 97.5 Å². The van der Waals surface area contributed by atoms with E-state index in [2.05, 4.69) is 15.5 Å². The van der Waals surface area contributed by atoms with Crippen molar-refractivity contribution in [3.8, 4) is 0 Å². The first-order valence-electron chi connectivity index (χ1n) is 6.31. The predicted octanol–water partition coefficient (Wildman–Crippen LogP) is 2.42. The van der Waals surface area contributed by atoms with Crippen LogP contribution in [0.1, 0.15) is 15.9 Å². The van der Waals surface area contributed by atoms with Crippen molar-refractivity contribution in [2.45, 2.75) is 0 Å². The van der Waals surface area contributed by atoms with Gasteiger partial charge in [0.2, 0.25) is 0 Å². The molecule has 0 bridgehead atoms. The molecule has 110 valence electrons. The van der Waals surface area contributed by atoms with Gasteiger partial charge in [-0.15, -0.1) is 0 Å². The number of hydrogen-bond donors (Lipinski definition) is 1. The van der Waals surface area contributed by atoms with Crippen molar-refractivity contribution in [2.75, 3.05) is 0 Å². The van der Waals surface area contributed by atoms with Gasteiger partial charge in [0.25, 0.3) is 11.6 Å². The molecule has 0 aliphatic heterocycles. The molecule has 0 unspecified atom stereocenters. The van der Waals surface area contributed by atoms with E-state index in [1.807, 2.05) is 0 Å². The van der Waals surface area contributed by atoms with Gasteiger partial charge in [-0.25, -0.2) is 5.43 Å². The first-order chi connectivity index (χ1) is 10.7. The summed E-state index contributed by atoms with van der Waals surface area (Å²) in [6.07, 6.45) is 7.76. The highest BCUT2D eigenvalue weighted by Gasteiger charge is 2.02. The highest BCUT2D eigenvalue weighted by molar-refractivity contribution is 5.94. The fraction of sp³-hybridized carbons (Fsp3) is 0. The van der Waals surface area contributed by atoms with Crippen LogP contribution in [0.2, 0.25) is 0 Å². The fourth-order valence-corrected chi connectivity index (χ4v) is 1.56. The Morgan fingerprint density at radius 1 is 1.27 bits per heavy atom. The Morgan fingerprint density at radius 2 is 2.05 bits per heavy atom. The monoisotopic (exact) mass is 296 g/mol. The third-order valence-corrected chi connectivity index (χ3v) is 2.64. The first-order valence-corrected chi connectivity index (χ1v) is 6.31. The molecule has 7 heteroatoms. The molecule has 0 saturated carbocycles. The van der Waals surface area contributed by atoms with E-state index in [1.54, 1.807) is 42.6 Å². The van der Waals surface area contributed by atoms with E-state index in [1.165, 1.54) is 24.5 Å². The van der Waals surface area contributed by atoms with Crippen molar-refractivity contribution in [2.24, 2.45) is 5.10 Å². The second-order valence-corrected chi connectivity index (χ2v) is 4.17. The summed E-state index contributed by atoms with van der Waals surface area (Å²) in [5.74, 6) is -0.354. The normalized spacial score (nSPS) is 10.9. The van der Waals surface area contributed by atoms with E-state index in [0.29, 0.717) is 5.56 Å². The smallest absolute Gasteiger partial charge is 0.267 e. The van der Waals surface area contributed by atoms with Gasteiger partial charge >= 0.3 is 0 Å². The van der Waals surface area contributed by atoms with Crippen LogP contribution in [0.4, 0.5) is 5.69 Å². The largest absolute Gasteiger partial charge is 0.272 e. The summed E-state index contributed by atoms with van der Waals surface area (Å²) in [5.41, 5.74) is 3.60. The molecular formula is C15H12N4O3. The van der Waals surface area contributed by atoms with E-state index in [4.69, 9.17) is 0 Å². The quantitative estimate of drug-likeness (QED) is 0.520. The van der Waals surface area contributed by atoms with Crippen LogP contribution in [0, 0.1) is 10.1 Å². The van der Waals surface area contributed by atoms with Gasteiger partial charge in [-0.1, -0.05) is 6.08 Å². The predicted molar refractivity (Wildman–Crippen MR) is 82.3 cm³/mol. The summed E-state index contributed by atoms with van der Waals surface area (Å²) in [6.45, 7) is 0. The zero-order chi connectivity index (χ0) is 15.8. The van der Waals surface area contributed by atoms with Crippen molar-refractivity contribution >= 4 is 23.9 Å². The second kappa shape index (κ2) is 7.44. The van der Waals surface area contributed by atoms with E-state index < -0.39 is 4.92 Å². The van der Waals surface area contributed by atoms with Gasteiger partial charge in [0.05, 0.1) is 10.5 Å². The van der Waals surface area contributed by atoms with Gasteiger partial charge in [0.1, 0.15) is 0 Å². The molecule has 0 aliphatic carbocycles. The molecule has 2 aromatic rings. The molecule has 0 saturated heterocycles. The number of nitrogens with one attached hydrogen (secondary N) is 1. The number of aromatic nitrogens is 1. The molecule has 22 heavy (non-hydrogen) atoms. The van der Waals surface area contributed by atoms with Crippen LogP contribution in [0.15, 0.2) is 60.0 Å². The van der Waals surface area contributed by atoms with Gasteiger partial charge in [-0.05, 0) is 35.9 Å². The van der Waals surface area contributed by atoms with Crippen LogP contribution in [-0.2, 0) is 0 Å². The van der Waals surface area contributed by atoms with Crippen molar-refractivity contribution in [1.29, 1.82) is 0 Å². The van der Waals surface area contributed by atoms with Crippen LogP contribution in [-0.4, -0.2) is 22.0 Å². The summed E-state index contributed by atoms with van der Waals surface area (Å²) < 4.78 is 0. The Kier molecular flexibility index (Phi) is 5.09. The molecule has 0 spiro atoms. The zero-order valence-electron chi connectivity index (χ0n) is 11.4. The molecular weight excluding hydrogens is 284 g/mol. The summed E-state index contributed by atoms with van der Waals surface area (Å²) in [7, 11) is 0. The molecule has 1 aromatic carbocycles. The van der Waals surface area contributed by atoms with Crippen LogP contribution in [0.5, 0.6) is 0 Å². The number of hydrazone groups is 1. The number of pyridine rings is 1. The van der Waals surface area contributed by atoms with Crippen LogP contribution >= 0.6 is 0 Å². The van der Waals surface area contributed by atoms with Crippen molar-refractivity contribution in [1.82, 2.24) is 10.4 Å². The molecule has 0 radical (unpaired) electrons. The fourth-order valence-electron chi connectivity index (χ4n) is 1.56. The molecule has 1 amide bonds. The minimum Gasteiger partial charge on any atom is -0.267 e. The SMILES string of the molecule is O=C(NN=CC=Cc1ccc([N+](=O)[O-])cc1)c1cccnc1. The van der Waals surface area contributed by atoms with Crippen LogP contribution in [0.25, 0.3) is 6.08 Å². The van der Waals surface area contributed by atoms with E-state index in [0.717, 1.165) is 5.56 Å². The maximum absolute atomic E-state index is 11.6. The Hall–Kier alpha value is -3.35. The lowest BCUT2D eigenvalue weighted by atomic mass is 10.2. The lowest BCUT2D eigenvalue weighted by molar-refractivity contribution is -0.384. The maximum atomic E-state index is 11.6. The summed E-state index contributed by atoms with van der Waals surface area (Å²) in [4.78, 5) is 25.5. The molecule has 7 nitrogen and oxygen atoms in total. The molecule has 0 aliphatic rings. The number of benzene rings is 1. The van der Waals surface area contributed by atoms with E-state index in [9.17, 15) is 14.9 Å². The lowest BCUT2D eigenvalue weighted by Crippen LogP contribution is -2.17. The number of allylic oxidation sites excluding steroid dienone is 1. The van der Waals surface area contributed by atoms with Gasteiger partial charge in [0, 0.05) is 30.7 Å². The Labute approximate surface area is 126 Å². The molecule has 0 fully saturated rings. The van der Waals surface area contributed by atoms with E-state index >= 15 is 0 Å². The first kappa shape index (κ1) is 15.0. The standard InChI is InChI=1S/C15H12N4O3/c20-15(13-4-2-9-16-11-13)18-17-10-1-3-12-5-7-14(8-6-12)19(21)22/h1-11H,(H,18,20). The van der Waals surface area contributed by atoms with Crippen LogP contribution < -0.4 is 5.43 Å². The van der Waals surface area contributed by atoms with Gasteiger partial charge in [-0.2, -0.15) is 5.10 Å². The number of carbonyl (C=O) groups excluding carboxylic acids is 1. The number of non-ortho nitro benzene ring substituents is 1. The number of rotatable bonds is 5. The number of hydrogen-bond acceptors (Lipinski definition) is 5. The highest BCUT2D eigenvalue weighted by Crippen LogP contribution is 2.12. The summed E-state index contributed by atoms with van der Waals surface area (Å²) in [6, 6.07) is 9.37. The number of nitro benzene ring substituents is 1. The lowest BCUT2D eigenvalue weighted by Gasteiger charge is -1.97. The molecule has 1 aromatic heterocycles. The molecule has 0 atom stereocenters. The number of carbonyl (C=O) groups is 1. The summed E-state index contributed by atoms with van der Waals surface area (Å²) >= 11 is 0. The number of nitrogens with zero attached hydrogens (tertiary/aromatic N) is 3. The zero-order valence-corrected chi connectivity index (χ0v) is 11.4. The number of nitro groups is 1. The number of amides is 1. The molecule has 1 N–H and O–H groups in total. The Balaban J connectivity index is 1.87. The maximum Gasteiger partial charge on any atom is 0.272 e. The summed E-state index contributed by atoms with van der Waals surface area (Å²) in [5, 5.41) is 14.3. The third kappa shape index (κ3) is 4.34. The third-order valence-electron chi connectivity index (χ3n) is 2.64. The van der Waals surface area contributed by atoms with Crippen molar-refractivity contribution < 1.29 is 9.72 Å². The van der Waals surface area contributed by atoms with E-state index in [-0.39, 0.29) is 11.6 Å². The Bertz CT molecular complexity index is 709. The second-order valence-electron chi connectivity index (χ2n) is 4.17. The highest BCUT2D eigenvalue weighted by atomic mass is 16.6. The Morgan fingerprint density at radius 3 is 2.68 bits per heavy atom. The van der Waals surface area contributed by atoms with Crippen LogP contribution in [0.3, 0.4) is 0 Å². The minimum atomic E-state index is -0.455. The molecule has 1 heterocycles. The average Bonchev–Trinajstić information content (AvgIpc) is 2.55. The van der Waals surface area contributed by atoms with Gasteiger partial charge < -0.3 is 0 Å². The van der Waals surface area contributed by atoms with Gasteiger partial charge in [0.15, 0.2) is 0 Å². The average molecular weight is 296 g/mol.